The number of halogens is 3. The Kier molecular flexibility index (Phi) is 6.58. The first-order valence-corrected chi connectivity index (χ1v) is 9.47. The van der Waals surface area contributed by atoms with Crippen molar-refractivity contribution in [1.29, 1.82) is 0 Å². The molecule has 1 aliphatic rings. The molecule has 0 saturated carbocycles. The summed E-state index contributed by atoms with van der Waals surface area (Å²) in [6.45, 7) is 4.26. The summed E-state index contributed by atoms with van der Waals surface area (Å²) in [5.41, 5.74) is 0.917. The van der Waals surface area contributed by atoms with Crippen LogP contribution in [0.4, 0.5) is 10.2 Å². The van der Waals surface area contributed by atoms with Crippen molar-refractivity contribution in [2.45, 2.75) is 6.54 Å². The van der Waals surface area contributed by atoms with Crippen molar-refractivity contribution in [3.8, 4) is 0 Å². The minimum absolute atomic E-state index is 0.0742. The zero-order valence-corrected chi connectivity index (χ0v) is 16.4. The lowest BCUT2D eigenvalue weighted by Gasteiger charge is -2.34. The molecule has 1 aromatic carbocycles. The van der Waals surface area contributed by atoms with Crippen molar-refractivity contribution >= 4 is 39.3 Å². The summed E-state index contributed by atoms with van der Waals surface area (Å²) in [5, 5.41) is 3.25. The predicted molar refractivity (Wildman–Crippen MR) is 104 cm³/mol. The van der Waals surface area contributed by atoms with E-state index in [4.69, 9.17) is 11.6 Å². The van der Waals surface area contributed by atoms with Gasteiger partial charge in [-0.2, -0.15) is 0 Å². The predicted octanol–water partition coefficient (Wildman–Crippen LogP) is 3.39. The molecule has 1 aromatic heterocycles. The molecule has 5 nitrogen and oxygen atoms in total. The van der Waals surface area contributed by atoms with E-state index in [1.807, 2.05) is 6.07 Å². The number of piperazine rings is 1. The van der Waals surface area contributed by atoms with Crippen LogP contribution in [0.25, 0.3) is 0 Å². The number of amides is 1. The summed E-state index contributed by atoms with van der Waals surface area (Å²) in [6.07, 6.45) is 1.65. The number of carbonyl (C=O) groups is 1. The Bertz CT molecular complexity index is 766. The lowest BCUT2D eigenvalue weighted by atomic mass is 10.2. The molecule has 0 bridgehead atoms. The highest BCUT2D eigenvalue weighted by Crippen LogP contribution is 2.19. The van der Waals surface area contributed by atoms with Gasteiger partial charge in [0.05, 0.1) is 6.54 Å². The van der Waals surface area contributed by atoms with Gasteiger partial charge in [0.2, 0.25) is 5.91 Å². The van der Waals surface area contributed by atoms with Crippen molar-refractivity contribution in [3.05, 3.63) is 57.4 Å². The number of hydrogen-bond donors (Lipinski definition) is 1. The van der Waals surface area contributed by atoms with Crippen molar-refractivity contribution in [2.24, 2.45) is 0 Å². The zero-order valence-electron chi connectivity index (χ0n) is 14.1. The third-order valence-corrected chi connectivity index (χ3v) is 5.06. The van der Waals surface area contributed by atoms with Gasteiger partial charge in [0.1, 0.15) is 11.6 Å². The van der Waals surface area contributed by atoms with Crippen LogP contribution >= 0.6 is 27.5 Å². The van der Waals surface area contributed by atoms with Crippen molar-refractivity contribution in [2.75, 3.05) is 38.0 Å². The van der Waals surface area contributed by atoms with Crippen LogP contribution in [-0.2, 0) is 11.3 Å². The molecule has 138 valence electrons. The molecule has 1 N–H and O–H groups in total. The van der Waals surface area contributed by atoms with Crippen molar-refractivity contribution in [3.63, 3.8) is 0 Å². The third kappa shape index (κ3) is 5.48. The van der Waals surface area contributed by atoms with E-state index in [0.29, 0.717) is 23.9 Å². The highest BCUT2D eigenvalue weighted by atomic mass is 79.9. The molecule has 0 aliphatic carbocycles. The van der Waals surface area contributed by atoms with Crippen LogP contribution in [0.15, 0.2) is 41.0 Å². The minimum atomic E-state index is -0.324. The van der Waals surface area contributed by atoms with Crippen LogP contribution in [0, 0.1) is 5.82 Å². The Morgan fingerprint density at radius 1 is 1.19 bits per heavy atom. The lowest BCUT2D eigenvalue weighted by Crippen LogP contribution is -2.48. The van der Waals surface area contributed by atoms with Crippen LogP contribution in [0.5, 0.6) is 0 Å². The van der Waals surface area contributed by atoms with Gasteiger partial charge in [0.25, 0.3) is 0 Å². The third-order valence-electron chi connectivity index (χ3n) is 4.24. The zero-order chi connectivity index (χ0) is 18.5. The summed E-state index contributed by atoms with van der Waals surface area (Å²) in [7, 11) is 0. The average molecular weight is 442 g/mol. The second-order valence-corrected chi connectivity index (χ2v) is 7.52. The largest absolute Gasteiger partial charge is 0.310 e. The maximum absolute atomic E-state index is 13.1. The second-order valence-electron chi connectivity index (χ2n) is 6.20. The maximum Gasteiger partial charge on any atom is 0.239 e. The van der Waals surface area contributed by atoms with E-state index in [-0.39, 0.29) is 11.7 Å². The molecular formula is C18H19BrClFN4O. The summed E-state index contributed by atoms with van der Waals surface area (Å²) < 4.78 is 14.0. The average Bonchev–Trinajstić information content (AvgIpc) is 2.61. The minimum Gasteiger partial charge on any atom is -0.310 e. The number of anilines is 1. The second kappa shape index (κ2) is 8.90. The molecule has 0 radical (unpaired) electrons. The number of benzene rings is 1. The van der Waals surface area contributed by atoms with Crippen molar-refractivity contribution in [1.82, 2.24) is 14.8 Å². The van der Waals surface area contributed by atoms with E-state index < -0.39 is 0 Å². The first-order chi connectivity index (χ1) is 12.5. The van der Waals surface area contributed by atoms with Gasteiger partial charge in [0, 0.05) is 48.4 Å². The number of aromatic nitrogens is 1. The molecule has 0 unspecified atom stereocenters. The summed E-state index contributed by atoms with van der Waals surface area (Å²) in [4.78, 5) is 20.6. The van der Waals surface area contributed by atoms with Crippen LogP contribution < -0.4 is 5.32 Å². The van der Waals surface area contributed by atoms with Gasteiger partial charge in [-0.15, -0.1) is 0 Å². The van der Waals surface area contributed by atoms with E-state index in [2.05, 4.69) is 36.0 Å². The first kappa shape index (κ1) is 19.2. The standard InChI is InChI=1S/C18H19BrClFN4O/c19-14-2-4-17(22-10-14)23-18(26)12-25-7-5-24(6-8-25)11-13-1-3-15(21)9-16(13)20/h1-4,9-10H,5-8,11-12H2,(H,22,23,26). The topological polar surface area (TPSA) is 48.5 Å². The first-order valence-electron chi connectivity index (χ1n) is 8.29. The van der Waals surface area contributed by atoms with Crippen LogP contribution in [-0.4, -0.2) is 53.4 Å². The van der Waals surface area contributed by atoms with E-state index >= 15 is 0 Å². The number of hydrogen-bond acceptors (Lipinski definition) is 4. The Hall–Kier alpha value is -1.54. The maximum atomic E-state index is 13.1. The van der Waals surface area contributed by atoms with Crippen LogP contribution in [0.2, 0.25) is 5.02 Å². The summed E-state index contributed by atoms with van der Waals surface area (Å²) >= 11 is 9.41. The number of carbonyl (C=O) groups excluding carboxylic acids is 1. The summed E-state index contributed by atoms with van der Waals surface area (Å²) in [6, 6.07) is 8.09. The molecule has 0 spiro atoms. The van der Waals surface area contributed by atoms with Crippen LogP contribution in [0.1, 0.15) is 5.56 Å². The van der Waals surface area contributed by atoms with Gasteiger partial charge >= 0.3 is 0 Å². The SMILES string of the molecule is O=C(CN1CCN(Cc2ccc(F)cc2Cl)CC1)Nc1ccc(Br)cn1. The molecular weight excluding hydrogens is 423 g/mol. The van der Waals surface area contributed by atoms with E-state index in [9.17, 15) is 9.18 Å². The molecule has 0 atom stereocenters. The van der Waals surface area contributed by atoms with E-state index in [0.717, 1.165) is 36.2 Å². The Morgan fingerprint density at radius 2 is 1.92 bits per heavy atom. The molecule has 8 heteroatoms. The Morgan fingerprint density at radius 3 is 2.58 bits per heavy atom. The van der Waals surface area contributed by atoms with Gasteiger partial charge in [0.15, 0.2) is 0 Å². The fourth-order valence-electron chi connectivity index (χ4n) is 2.83. The molecule has 3 rings (SSSR count). The molecule has 2 aromatic rings. The normalized spacial score (nSPS) is 15.8. The van der Waals surface area contributed by atoms with E-state index in [1.165, 1.54) is 12.1 Å². The molecule has 1 fully saturated rings. The molecule has 1 amide bonds. The number of nitrogens with zero attached hydrogens (tertiary/aromatic N) is 3. The molecule has 2 heterocycles. The van der Waals surface area contributed by atoms with Gasteiger partial charge in [-0.25, -0.2) is 9.37 Å². The molecule has 1 aliphatic heterocycles. The van der Waals surface area contributed by atoms with Gasteiger partial charge in [-0.3, -0.25) is 14.6 Å². The monoisotopic (exact) mass is 440 g/mol. The number of pyridine rings is 1. The summed E-state index contributed by atoms with van der Waals surface area (Å²) in [5.74, 6) is 0.146. The smallest absolute Gasteiger partial charge is 0.239 e. The highest BCUT2D eigenvalue weighted by Gasteiger charge is 2.20. The lowest BCUT2D eigenvalue weighted by molar-refractivity contribution is -0.117. The quantitative estimate of drug-likeness (QED) is 0.773. The Balaban J connectivity index is 1.44. The number of rotatable bonds is 5. The fourth-order valence-corrected chi connectivity index (χ4v) is 3.29. The van der Waals surface area contributed by atoms with Crippen molar-refractivity contribution < 1.29 is 9.18 Å². The molecule has 1 saturated heterocycles. The van der Waals surface area contributed by atoms with Crippen LogP contribution in [0.3, 0.4) is 0 Å². The van der Waals surface area contributed by atoms with Gasteiger partial charge in [-0.1, -0.05) is 17.7 Å². The molecule has 26 heavy (non-hydrogen) atoms. The number of nitrogens with one attached hydrogen (secondary N) is 1. The van der Waals surface area contributed by atoms with E-state index in [1.54, 1.807) is 18.3 Å². The van der Waals surface area contributed by atoms with Gasteiger partial charge in [-0.05, 0) is 45.8 Å². The highest BCUT2D eigenvalue weighted by molar-refractivity contribution is 9.10. The Labute approximate surface area is 165 Å². The van der Waals surface area contributed by atoms with Gasteiger partial charge < -0.3 is 5.32 Å². The fraction of sp³-hybridized carbons (Fsp3) is 0.333.